The molecule has 0 aliphatic heterocycles. The van der Waals surface area contributed by atoms with E-state index in [1.54, 1.807) is 33.1 Å². The van der Waals surface area contributed by atoms with Crippen molar-refractivity contribution in [3.05, 3.63) is 46.6 Å². The van der Waals surface area contributed by atoms with Crippen LogP contribution in [0.15, 0.2) is 29.9 Å². The molecular weight excluding hydrogens is 320 g/mol. The summed E-state index contributed by atoms with van der Waals surface area (Å²) < 4.78 is 10.5. The van der Waals surface area contributed by atoms with Crippen molar-refractivity contribution < 1.29 is 24.8 Å². The van der Waals surface area contributed by atoms with E-state index >= 15 is 0 Å². The second kappa shape index (κ2) is 9.61. The maximum Gasteiger partial charge on any atom is 0.128 e. The number of aromatic hydroxyl groups is 1. The number of phenolic OH excluding ortho intramolecular Hbond substituents is 1. The molecule has 0 heterocycles. The van der Waals surface area contributed by atoms with Crippen LogP contribution in [0.4, 0.5) is 0 Å². The van der Waals surface area contributed by atoms with E-state index < -0.39 is 5.60 Å². The first-order chi connectivity index (χ1) is 11.7. The molecule has 0 atom stereocenters. The Hall–Kier alpha value is -1.82. The summed E-state index contributed by atoms with van der Waals surface area (Å²) in [6.07, 6.45) is 6.91. The van der Waals surface area contributed by atoms with E-state index in [2.05, 4.69) is 0 Å². The Kier molecular flexibility index (Phi) is 8.16. The summed E-state index contributed by atoms with van der Waals surface area (Å²) in [4.78, 5) is 0. The Morgan fingerprint density at radius 2 is 1.92 bits per heavy atom. The molecule has 0 aromatic heterocycles. The zero-order chi connectivity index (χ0) is 19.0. The summed E-state index contributed by atoms with van der Waals surface area (Å²) in [5.74, 6) is 0.638. The molecule has 0 aliphatic carbocycles. The highest BCUT2D eigenvalue weighted by molar-refractivity contribution is 5.54. The third kappa shape index (κ3) is 6.53. The van der Waals surface area contributed by atoms with Crippen LogP contribution in [0.3, 0.4) is 0 Å². The first-order valence-corrected chi connectivity index (χ1v) is 8.29. The zero-order valence-corrected chi connectivity index (χ0v) is 15.8. The van der Waals surface area contributed by atoms with E-state index in [0.29, 0.717) is 35.3 Å². The van der Waals surface area contributed by atoms with Crippen LogP contribution in [0.2, 0.25) is 0 Å². The van der Waals surface area contributed by atoms with Crippen LogP contribution in [0.25, 0.3) is 0 Å². The number of hydrogen-bond acceptors (Lipinski definition) is 5. The summed E-state index contributed by atoms with van der Waals surface area (Å²) in [5.41, 5.74) is 2.12. The first-order valence-electron chi connectivity index (χ1n) is 8.29. The van der Waals surface area contributed by atoms with Gasteiger partial charge in [0.15, 0.2) is 0 Å². The highest BCUT2D eigenvalue weighted by atomic mass is 16.5. The van der Waals surface area contributed by atoms with Crippen molar-refractivity contribution in [2.24, 2.45) is 0 Å². The molecule has 0 spiro atoms. The molecular formula is C20H30O5. The Labute approximate surface area is 150 Å². The third-order valence-electron chi connectivity index (χ3n) is 3.86. The zero-order valence-electron chi connectivity index (χ0n) is 15.8. The van der Waals surface area contributed by atoms with Crippen LogP contribution in [-0.4, -0.2) is 35.1 Å². The molecule has 0 saturated heterocycles. The topological polar surface area (TPSA) is 79.2 Å². The molecule has 140 valence electrons. The molecule has 0 aliphatic rings. The van der Waals surface area contributed by atoms with Gasteiger partial charge < -0.3 is 24.8 Å². The van der Waals surface area contributed by atoms with Crippen LogP contribution in [-0.2, 0) is 24.4 Å². The molecule has 5 nitrogen and oxygen atoms in total. The second-order valence-electron chi connectivity index (χ2n) is 6.65. The third-order valence-corrected chi connectivity index (χ3v) is 3.86. The predicted molar refractivity (Wildman–Crippen MR) is 98.8 cm³/mol. The van der Waals surface area contributed by atoms with E-state index in [0.717, 1.165) is 5.57 Å². The Balaban J connectivity index is 3.05. The summed E-state index contributed by atoms with van der Waals surface area (Å²) in [6.45, 7) is 5.47. The van der Waals surface area contributed by atoms with Crippen molar-refractivity contribution in [3.63, 3.8) is 0 Å². The second-order valence-corrected chi connectivity index (χ2v) is 6.65. The summed E-state index contributed by atoms with van der Waals surface area (Å²) in [6, 6.07) is 1.74. The number of hydrogen-bond donors (Lipinski definition) is 3. The van der Waals surface area contributed by atoms with Crippen molar-refractivity contribution in [1.82, 2.24) is 0 Å². The lowest BCUT2D eigenvalue weighted by Gasteiger charge is -2.16. The Bertz CT molecular complexity index is 624. The first kappa shape index (κ1) is 21.2. The summed E-state index contributed by atoms with van der Waals surface area (Å²) >= 11 is 0. The normalized spacial score (nSPS) is 12.8. The maximum atomic E-state index is 10.6. The molecule has 0 bridgehead atoms. The molecule has 5 heteroatoms. The minimum absolute atomic E-state index is 0.0985. The van der Waals surface area contributed by atoms with E-state index in [9.17, 15) is 15.3 Å². The monoisotopic (exact) mass is 350 g/mol. The van der Waals surface area contributed by atoms with Crippen molar-refractivity contribution in [2.75, 3.05) is 14.2 Å². The molecule has 1 aromatic carbocycles. The van der Waals surface area contributed by atoms with E-state index in [4.69, 9.17) is 9.47 Å². The number of aliphatic hydroxyl groups is 2. The highest BCUT2D eigenvalue weighted by Crippen LogP contribution is 2.35. The average Bonchev–Trinajstić information content (AvgIpc) is 2.54. The van der Waals surface area contributed by atoms with Gasteiger partial charge in [0.1, 0.15) is 11.5 Å². The van der Waals surface area contributed by atoms with Crippen molar-refractivity contribution in [3.8, 4) is 11.5 Å². The van der Waals surface area contributed by atoms with Crippen LogP contribution in [0.5, 0.6) is 11.5 Å². The van der Waals surface area contributed by atoms with Gasteiger partial charge in [0.2, 0.25) is 0 Å². The molecule has 0 radical (unpaired) electrons. The van der Waals surface area contributed by atoms with Crippen molar-refractivity contribution >= 4 is 0 Å². The standard InChI is InChI=1S/C20H30O5/c1-14(7-6-10-20(2,3)23)8-9-16-18(25-5)11-15(12-21)17(13-24-4)19(16)22/h6,8,10-11,21-23H,7,9,12-13H2,1-5H3/b10-6+,14-8+. The van der Waals surface area contributed by atoms with Gasteiger partial charge in [-0.3, -0.25) is 0 Å². The maximum absolute atomic E-state index is 10.6. The number of benzene rings is 1. The van der Waals surface area contributed by atoms with Crippen LogP contribution < -0.4 is 4.74 Å². The summed E-state index contributed by atoms with van der Waals surface area (Å²) in [5, 5.41) is 29.8. The number of rotatable bonds is 9. The van der Waals surface area contributed by atoms with Gasteiger partial charge in [-0.25, -0.2) is 0 Å². The number of phenols is 1. The van der Waals surface area contributed by atoms with Crippen molar-refractivity contribution in [2.45, 2.75) is 52.4 Å². The van der Waals surface area contributed by atoms with Gasteiger partial charge >= 0.3 is 0 Å². The van der Waals surface area contributed by atoms with Gasteiger partial charge in [0.05, 0.1) is 25.9 Å². The smallest absolute Gasteiger partial charge is 0.128 e. The number of aliphatic hydroxyl groups excluding tert-OH is 1. The molecule has 0 unspecified atom stereocenters. The Morgan fingerprint density at radius 1 is 1.24 bits per heavy atom. The molecule has 1 rings (SSSR count). The fourth-order valence-corrected chi connectivity index (χ4v) is 2.50. The van der Waals surface area contributed by atoms with Gasteiger partial charge in [0.25, 0.3) is 0 Å². The number of ether oxygens (including phenoxy) is 2. The SMILES string of the molecule is COCc1c(CO)cc(OC)c(C/C=C(\C)C/C=C/C(C)(C)O)c1O. The van der Waals surface area contributed by atoms with Gasteiger partial charge in [-0.2, -0.15) is 0 Å². The van der Waals surface area contributed by atoms with Gasteiger partial charge in [0, 0.05) is 18.2 Å². The van der Waals surface area contributed by atoms with E-state index in [1.165, 1.54) is 7.11 Å². The molecule has 1 aromatic rings. The molecule has 0 fully saturated rings. The van der Waals surface area contributed by atoms with Crippen LogP contribution in [0, 0.1) is 0 Å². The molecule has 0 saturated carbocycles. The summed E-state index contributed by atoms with van der Waals surface area (Å²) in [7, 11) is 3.08. The lowest BCUT2D eigenvalue weighted by molar-refractivity contribution is 0.133. The predicted octanol–water partition coefficient (Wildman–Crippen LogP) is 3.25. The minimum atomic E-state index is -0.822. The fourth-order valence-electron chi connectivity index (χ4n) is 2.50. The largest absolute Gasteiger partial charge is 0.507 e. The van der Waals surface area contributed by atoms with Crippen molar-refractivity contribution in [1.29, 1.82) is 0 Å². The lowest BCUT2D eigenvalue weighted by atomic mass is 9.98. The lowest BCUT2D eigenvalue weighted by Crippen LogP contribution is -2.13. The average molecular weight is 350 g/mol. The van der Waals surface area contributed by atoms with Gasteiger partial charge in [-0.1, -0.05) is 23.8 Å². The van der Waals surface area contributed by atoms with Crippen LogP contribution >= 0.6 is 0 Å². The highest BCUT2D eigenvalue weighted by Gasteiger charge is 2.17. The van der Waals surface area contributed by atoms with E-state index in [1.807, 2.05) is 19.1 Å². The van der Waals surface area contributed by atoms with Gasteiger partial charge in [-0.15, -0.1) is 0 Å². The molecule has 0 amide bonds. The molecule has 25 heavy (non-hydrogen) atoms. The van der Waals surface area contributed by atoms with Crippen LogP contribution in [0.1, 0.15) is 43.9 Å². The molecule has 3 N–H and O–H groups in total. The van der Waals surface area contributed by atoms with E-state index in [-0.39, 0.29) is 19.0 Å². The number of allylic oxidation sites excluding steroid dienone is 3. The van der Waals surface area contributed by atoms with Gasteiger partial charge in [-0.05, 0) is 45.2 Å². The minimum Gasteiger partial charge on any atom is -0.507 e. The quantitative estimate of drug-likeness (QED) is 0.596. The fraction of sp³-hybridized carbons (Fsp3) is 0.500. The number of methoxy groups -OCH3 is 2. The Morgan fingerprint density at radius 3 is 2.44 bits per heavy atom.